The molecule has 0 spiro atoms. The molecule has 2 aromatic carbocycles. The molecule has 1 heterocycles. The van der Waals surface area contributed by atoms with Crippen molar-refractivity contribution in [3.8, 4) is 11.1 Å². The van der Waals surface area contributed by atoms with Gasteiger partial charge in [-0.3, -0.25) is 9.48 Å². The zero-order valence-corrected chi connectivity index (χ0v) is 22.0. The van der Waals surface area contributed by atoms with Crippen molar-refractivity contribution in [2.75, 3.05) is 0 Å². The molecule has 0 aliphatic rings. The summed E-state index contributed by atoms with van der Waals surface area (Å²) in [6, 6.07) is 11.4. The summed E-state index contributed by atoms with van der Waals surface area (Å²) in [4.78, 5) is 25.1. The van der Waals surface area contributed by atoms with Gasteiger partial charge in [-0.05, 0) is 81.1 Å². The maximum absolute atomic E-state index is 13.1. The van der Waals surface area contributed by atoms with Crippen LogP contribution in [0.25, 0.3) is 11.1 Å². The van der Waals surface area contributed by atoms with Crippen molar-refractivity contribution in [1.29, 1.82) is 0 Å². The van der Waals surface area contributed by atoms with Gasteiger partial charge >= 0.3 is 6.09 Å². The van der Waals surface area contributed by atoms with E-state index in [0.29, 0.717) is 5.56 Å². The number of carbonyl (C=O) groups excluding carboxylic acids is 2. The molecule has 0 bridgehead atoms. The monoisotopic (exact) mass is 526 g/mol. The zero-order valence-electron chi connectivity index (χ0n) is 20.4. The number of hydrogen-bond donors (Lipinski definition) is 2. The van der Waals surface area contributed by atoms with Gasteiger partial charge in [-0.1, -0.05) is 28.1 Å². The van der Waals surface area contributed by atoms with Gasteiger partial charge in [0.05, 0.1) is 12.2 Å². The third-order valence-electron chi connectivity index (χ3n) is 5.19. The number of nitrogens with one attached hydrogen (secondary N) is 2. The van der Waals surface area contributed by atoms with E-state index in [1.54, 1.807) is 10.7 Å². The minimum atomic E-state index is -0.568. The second kappa shape index (κ2) is 10.4. The topological polar surface area (TPSA) is 85.2 Å². The van der Waals surface area contributed by atoms with Crippen LogP contribution in [0.3, 0.4) is 0 Å². The van der Waals surface area contributed by atoms with Gasteiger partial charge in [0.1, 0.15) is 5.60 Å². The summed E-state index contributed by atoms with van der Waals surface area (Å²) in [5.74, 6) is -0.174. The quantitative estimate of drug-likeness (QED) is 0.433. The molecule has 34 heavy (non-hydrogen) atoms. The Hall–Kier alpha value is -3.13. The first kappa shape index (κ1) is 25.5. The van der Waals surface area contributed by atoms with Gasteiger partial charge < -0.3 is 15.4 Å². The van der Waals surface area contributed by atoms with Crippen LogP contribution in [0, 0.1) is 6.92 Å². The van der Waals surface area contributed by atoms with Crippen LogP contribution in [-0.2, 0) is 18.3 Å². The molecule has 7 nitrogen and oxygen atoms in total. The Kier molecular flexibility index (Phi) is 7.82. The molecule has 1 aromatic heterocycles. The minimum Gasteiger partial charge on any atom is -0.444 e. The Balaban J connectivity index is 1.72. The maximum Gasteiger partial charge on any atom is 0.407 e. The molecule has 0 radical (unpaired) electrons. The number of hydrogen-bond acceptors (Lipinski definition) is 4. The Morgan fingerprint density at radius 2 is 1.88 bits per heavy atom. The summed E-state index contributed by atoms with van der Waals surface area (Å²) in [7, 11) is 1.88. The van der Waals surface area contributed by atoms with Crippen LogP contribution in [0.15, 0.2) is 53.3 Å². The molecule has 3 aromatic rings. The molecule has 0 saturated heterocycles. The third-order valence-corrected chi connectivity index (χ3v) is 5.65. The van der Waals surface area contributed by atoms with Crippen molar-refractivity contribution >= 4 is 27.9 Å². The summed E-state index contributed by atoms with van der Waals surface area (Å²) in [6.45, 7) is 9.55. The fourth-order valence-corrected chi connectivity index (χ4v) is 3.98. The highest BCUT2D eigenvalue weighted by Gasteiger charge is 2.18. The summed E-state index contributed by atoms with van der Waals surface area (Å²) in [6.07, 6.45) is 3.27. The molecule has 0 saturated carbocycles. The van der Waals surface area contributed by atoms with E-state index in [1.165, 1.54) is 0 Å². The highest BCUT2D eigenvalue weighted by atomic mass is 79.9. The molecule has 2 amide bonds. The number of halogens is 1. The average Bonchev–Trinajstić information content (AvgIpc) is 3.17. The van der Waals surface area contributed by atoms with Crippen molar-refractivity contribution in [3.05, 3.63) is 75.5 Å². The number of ether oxygens (including phenoxy) is 1. The number of aryl methyl sites for hydroxylation is 2. The van der Waals surface area contributed by atoms with Crippen molar-refractivity contribution < 1.29 is 14.3 Å². The first-order valence-electron chi connectivity index (χ1n) is 11.1. The number of nitrogens with zero attached hydrogens (tertiary/aromatic N) is 2. The van der Waals surface area contributed by atoms with Gasteiger partial charge in [0.25, 0.3) is 5.91 Å². The van der Waals surface area contributed by atoms with Crippen molar-refractivity contribution in [2.24, 2.45) is 7.05 Å². The Morgan fingerprint density at radius 1 is 1.15 bits per heavy atom. The van der Waals surface area contributed by atoms with Gasteiger partial charge in [0.15, 0.2) is 0 Å². The molecule has 3 rings (SSSR count). The number of benzene rings is 2. The SMILES string of the molecule is Cc1ccc(CNC(=O)OC(C)(C)C)cc1C(=O)NC(C)c1cc(Br)cc(-c2cnn(C)c2)c1. The van der Waals surface area contributed by atoms with E-state index in [9.17, 15) is 9.59 Å². The van der Waals surface area contributed by atoms with Crippen LogP contribution >= 0.6 is 15.9 Å². The van der Waals surface area contributed by atoms with Gasteiger partial charge in [0.2, 0.25) is 0 Å². The molecule has 180 valence electrons. The molecule has 0 aliphatic carbocycles. The van der Waals surface area contributed by atoms with Gasteiger partial charge in [-0.25, -0.2) is 4.79 Å². The number of aromatic nitrogens is 2. The number of rotatable bonds is 6. The standard InChI is InChI=1S/C26H31BrN4O3/c1-16-7-8-18(13-28-25(33)34-26(3,4)5)9-23(16)24(32)30-17(2)19-10-20(12-22(27)11-19)21-14-29-31(6)15-21/h7-12,14-15,17H,13H2,1-6H3,(H,28,33)(H,30,32). The minimum absolute atomic E-state index is 0.174. The van der Waals surface area contributed by atoms with Crippen LogP contribution in [0.5, 0.6) is 0 Å². The lowest BCUT2D eigenvalue weighted by molar-refractivity contribution is 0.0523. The molecular weight excluding hydrogens is 496 g/mol. The van der Waals surface area contributed by atoms with Gasteiger partial charge in [0, 0.05) is 35.4 Å². The summed E-state index contributed by atoms with van der Waals surface area (Å²) in [5.41, 5.74) is 4.67. The number of alkyl carbamates (subject to hydrolysis) is 1. The van der Waals surface area contributed by atoms with Crippen LogP contribution in [-0.4, -0.2) is 27.4 Å². The molecule has 8 heteroatoms. The molecule has 2 N–H and O–H groups in total. The van der Waals surface area contributed by atoms with E-state index < -0.39 is 11.7 Å². The first-order valence-corrected chi connectivity index (χ1v) is 11.9. The fourth-order valence-electron chi connectivity index (χ4n) is 3.47. The smallest absolute Gasteiger partial charge is 0.407 e. The summed E-state index contributed by atoms with van der Waals surface area (Å²) >= 11 is 3.58. The number of carbonyl (C=O) groups is 2. The van der Waals surface area contributed by atoms with E-state index >= 15 is 0 Å². The zero-order chi connectivity index (χ0) is 25.0. The van der Waals surface area contributed by atoms with Crippen LogP contribution in [0.2, 0.25) is 0 Å². The predicted octanol–water partition coefficient (Wildman–Crippen LogP) is 5.67. The second-order valence-electron chi connectivity index (χ2n) is 9.38. The summed E-state index contributed by atoms with van der Waals surface area (Å²) < 4.78 is 7.96. The summed E-state index contributed by atoms with van der Waals surface area (Å²) in [5, 5.41) is 10.1. The van der Waals surface area contributed by atoms with Crippen molar-refractivity contribution in [1.82, 2.24) is 20.4 Å². The first-order chi connectivity index (χ1) is 15.9. The predicted molar refractivity (Wildman–Crippen MR) is 136 cm³/mol. The van der Waals surface area contributed by atoms with E-state index in [1.807, 2.05) is 78.3 Å². The lowest BCUT2D eigenvalue weighted by Crippen LogP contribution is -2.32. The van der Waals surface area contributed by atoms with Gasteiger partial charge in [-0.2, -0.15) is 5.10 Å². The second-order valence-corrected chi connectivity index (χ2v) is 10.3. The molecule has 0 fully saturated rings. The van der Waals surface area contributed by atoms with Crippen LogP contribution in [0.4, 0.5) is 4.79 Å². The van der Waals surface area contributed by atoms with Crippen molar-refractivity contribution in [2.45, 2.75) is 52.8 Å². The molecule has 1 unspecified atom stereocenters. The fraction of sp³-hybridized carbons (Fsp3) is 0.346. The van der Waals surface area contributed by atoms with Crippen molar-refractivity contribution in [3.63, 3.8) is 0 Å². The van der Waals surface area contributed by atoms with E-state index in [-0.39, 0.29) is 18.5 Å². The third kappa shape index (κ3) is 6.93. The molecule has 1 atom stereocenters. The molecule has 0 aliphatic heterocycles. The Bertz CT molecular complexity index is 1200. The Morgan fingerprint density at radius 3 is 2.53 bits per heavy atom. The largest absolute Gasteiger partial charge is 0.444 e. The Labute approximate surface area is 209 Å². The maximum atomic E-state index is 13.1. The highest BCUT2D eigenvalue weighted by molar-refractivity contribution is 9.10. The number of amides is 2. The van der Waals surface area contributed by atoms with Gasteiger partial charge in [-0.15, -0.1) is 0 Å². The lowest BCUT2D eigenvalue weighted by atomic mass is 10.0. The molecular formula is C26H31BrN4O3. The average molecular weight is 527 g/mol. The van der Waals surface area contributed by atoms with E-state index in [4.69, 9.17) is 4.74 Å². The highest BCUT2D eigenvalue weighted by Crippen LogP contribution is 2.28. The normalized spacial score (nSPS) is 12.2. The lowest BCUT2D eigenvalue weighted by Gasteiger charge is -2.20. The van der Waals surface area contributed by atoms with Crippen LogP contribution < -0.4 is 10.6 Å². The van der Waals surface area contributed by atoms with Crippen LogP contribution in [0.1, 0.15) is 60.8 Å². The van der Waals surface area contributed by atoms with E-state index in [2.05, 4.69) is 37.7 Å². The van der Waals surface area contributed by atoms with E-state index in [0.717, 1.165) is 32.3 Å².